The zero-order valence-electron chi connectivity index (χ0n) is 14.4. The lowest BCUT2D eigenvalue weighted by Crippen LogP contribution is -2.50. The summed E-state index contributed by atoms with van der Waals surface area (Å²) in [5, 5.41) is 20.7. The van der Waals surface area contributed by atoms with Crippen LogP contribution in [-0.2, 0) is 14.2 Å². The first-order valence-corrected chi connectivity index (χ1v) is 8.51. The van der Waals surface area contributed by atoms with Crippen LogP contribution >= 0.6 is 0 Å². The van der Waals surface area contributed by atoms with Gasteiger partial charge >= 0.3 is 6.09 Å². The highest BCUT2D eigenvalue weighted by atomic mass is 16.7. The Bertz CT molecular complexity index is 635. The third-order valence-electron chi connectivity index (χ3n) is 4.93. The summed E-state index contributed by atoms with van der Waals surface area (Å²) in [6.45, 7) is 5.32. The summed E-state index contributed by atoms with van der Waals surface area (Å²) in [6.07, 6.45) is -4.31. The molecule has 1 aromatic rings. The van der Waals surface area contributed by atoms with Crippen LogP contribution in [0.1, 0.15) is 32.6 Å². The molecule has 7 heteroatoms. The van der Waals surface area contributed by atoms with Gasteiger partial charge in [0.25, 0.3) is 0 Å². The van der Waals surface area contributed by atoms with Crippen LogP contribution in [0.4, 0.5) is 4.79 Å². The monoisotopic (exact) mass is 349 g/mol. The molecule has 2 N–H and O–H groups in total. The second kappa shape index (κ2) is 5.67. The molecule has 1 aromatic carbocycles. The molecule has 0 spiro atoms. The van der Waals surface area contributed by atoms with E-state index in [0.29, 0.717) is 0 Å². The number of aliphatic hydroxyl groups is 2. The number of amides is 1. The van der Waals surface area contributed by atoms with Crippen LogP contribution in [0.25, 0.3) is 0 Å². The summed E-state index contributed by atoms with van der Waals surface area (Å²) in [5.74, 6) is 0. The molecule has 3 saturated heterocycles. The van der Waals surface area contributed by atoms with Crippen molar-refractivity contribution in [2.75, 3.05) is 0 Å². The fourth-order valence-electron chi connectivity index (χ4n) is 3.98. The van der Waals surface area contributed by atoms with Gasteiger partial charge in [-0.25, -0.2) is 4.79 Å². The molecule has 3 heterocycles. The Hall–Kier alpha value is -1.67. The number of carbonyl (C=O) groups is 1. The highest BCUT2D eigenvalue weighted by molar-refractivity contribution is 5.71. The first kappa shape index (κ1) is 16.8. The van der Waals surface area contributed by atoms with E-state index in [1.165, 1.54) is 4.90 Å². The molecule has 7 nitrogen and oxygen atoms in total. The van der Waals surface area contributed by atoms with Crippen LogP contribution in [0.3, 0.4) is 0 Å². The Morgan fingerprint density at radius 1 is 1.04 bits per heavy atom. The van der Waals surface area contributed by atoms with Gasteiger partial charge in [-0.1, -0.05) is 30.3 Å². The average molecular weight is 349 g/mol. The molecule has 0 saturated carbocycles. The molecule has 3 aliphatic rings. The highest BCUT2D eigenvalue weighted by Crippen LogP contribution is 2.49. The van der Waals surface area contributed by atoms with Crippen molar-refractivity contribution in [1.29, 1.82) is 0 Å². The second-order valence-electron chi connectivity index (χ2n) is 7.79. The maximum Gasteiger partial charge on any atom is 0.411 e. The van der Waals surface area contributed by atoms with Crippen molar-refractivity contribution in [3.05, 3.63) is 35.9 Å². The predicted molar refractivity (Wildman–Crippen MR) is 86.6 cm³/mol. The molecule has 0 aliphatic carbocycles. The van der Waals surface area contributed by atoms with Crippen LogP contribution < -0.4 is 0 Å². The lowest BCUT2D eigenvalue weighted by Gasteiger charge is -2.29. The molecule has 2 bridgehead atoms. The third kappa shape index (κ3) is 2.62. The van der Waals surface area contributed by atoms with Crippen molar-refractivity contribution < 1.29 is 29.2 Å². The van der Waals surface area contributed by atoms with Gasteiger partial charge in [0, 0.05) is 5.56 Å². The molecule has 3 aliphatic heterocycles. The maximum atomic E-state index is 12.6. The van der Waals surface area contributed by atoms with Gasteiger partial charge < -0.3 is 24.4 Å². The number of nitrogens with zero attached hydrogens (tertiary/aromatic N) is 1. The normalized spacial score (nSPS) is 39.6. The van der Waals surface area contributed by atoms with Crippen LogP contribution in [0.15, 0.2) is 30.3 Å². The van der Waals surface area contributed by atoms with E-state index in [-0.39, 0.29) is 0 Å². The number of carbonyl (C=O) groups excluding carboxylic acids is 1. The molecular formula is C18H23NO6. The number of aliphatic hydroxyl groups excluding tert-OH is 2. The predicted octanol–water partition coefficient (Wildman–Crippen LogP) is 1.19. The second-order valence-corrected chi connectivity index (χ2v) is 7.79. The van der Waals surface area contributed by atoms with Crippen molar-refractivity contribution in [3.63, 3.8) is 0 Å². The van der Waals surface area contributed by atoms with Crippen molar-refractivity contribution in [2.24, 2.45) is 0 Å². The fourth-order valence-corrected chi connectivity index (χ4v) is 3.98. The molecule has 1 amide bonds. The van der Waals surface area contributed by atoms with Crippen molar-refractivity contribution in [1.82, 2.24) is 4.90 Å². The van der Waals surface area contributed by atoms with E-state index < -0.39 is 54.5 Å². The van der Waals surface area contributed by atoms with E-state index in [2.05, 4.69) is 0 Å². The lowest BCUT2D eigenvalue weighted by atomic mass is 9.90. The molecular weight excluding hydrogens is 326 g/mol. The lowest BCUT2D eigenvalue weighted by molar-refractivity contribution is -0.0973. The van der Waals surface area contributed by atoms with Gasteiger partial charge in [-0.3, -0.25) is 4.90 Å². The Kier molecular flexibility index (Phi) is 3.81. The molecule has 7 atom stereocenters. The molecule has 0 aromatic heterocycles. The Balaban J connectivity index is 1.58. The topological polar surface area (TPSA) is 88.5 Å². The van der Waals surface area contributed by atoms with Crippen LogP contribution in [-0.4, -0.2) is 63.3 Å². The van der Waals surface area contributed by atoms with E-state index in [9.17, 15) is 15.0 Å². The number of benzene rings is 1. The summed E-state index contributed by atoms with van der Waals surface area (Å²) >= 11 is 0. The molecule has 136 valence electrons. The van der Waals surface area contributed by atoms with Gasteiger partial charge in [0.2, 0.25) is 0 Å². The van der Waals surface area contributed by atoms with Gasteiger partial charge in [0.1, 0.15) is 30.0 Å². The Labute approximate surface area is 146 Å². The van der Waals surface area contributed by atoms with E-state index in [1.807, 2.05) is 30.3 Å². The van der Waals surface area contributed by atoms with Gasteiger partial charge in [0.15, 0.2) is 6.29 Å². The molecule has 4 rings (SSSR count). The molecule has 25 heavy (non-hydrogen) atoms. The third-order valence-corrected chi connectivity index (χ3v) is 4.93. The summed E-state index contributed by atoms with van der Waals surface area (Å²) < 4.78 is 17.4. The van der Waals surface area contributed by atoms with E-state index in [4.69, 9.17) is 14.2 Å². The summed E-state index contributed by atoms with van der Waals surface area (Å²) in [6, 6.07) is 8.10. The van der Waals surface area contributed by atoms with Crippen molar-refractivity contribution >= 4 is 6.09 Å². The first-order valence-electron chi connectivity index (χ1n) is 8.51. The van der Waals surface area contributed by atoms with E-state index in [1.54, 1.807) is 20.8 Å². The zero-order chi connectivity index (χ0) is 17.9. The zero-order valence-corrected chi connectivity index (χ0v) is 14.4. The average Bonchev–Trinajstić information content (AvgIpc) is 3.15. The van der Waals surface area contributed by atoms with E-state index >= 15 is 0 Å². The summed E-state index contributed by atoms with van der Waals surface area (Å²) in [7, 11) is 0. The van der Waals surface area contributed by atoms with Crippen LogP contribution in [0.5, 0.6) is 0 Å². The maximum absolute atomic E-state index is 12.6. The Morgan fingerprint density at radius 2 is 1.56 bits per heavy atom. The molecule has 0 radical (unpaired) electrons. The Morgan fingerprint density at radius 3 is 2.04 bits per heavy atom. The van der Waals surface area contributed by atoms with Gasteiger partial charge in [-0.2, -0.15) is 0 Å². The van der Waals surface area contributed by atoms with Gasteiger partial charge in [-0.15, -0.1) is 0 Å². The van der Waals surface area contributed by atoms with Crippen molar-refractivity contribution in [3.8, 4) is 0 Å². The summed E-state index contributed by atoms with van der Waals surface area (Å²) in [4.78, 5) is 14.0. The van der Waals surface area contributed by atoms with Gasteiger partial charge in [-0.05, 0) is 20.8 Å². The fraction of sp³-hybridized carbons (Fsp3) is 0.611. The quantitative estimate of drug-likeness (QED) is 0.792. The van der Waals surface area contributed by atoms with Crippen LogP contribution in [0, 0.1) is 0 Å². The van der Waals surface area contributed by atoms with Crippen molar-refractivity contribution in [2.45, 2.75) is 69.2 Å². The smallest absolute Gasteiger partial charge is 0.411 e. The van der Waals surface area contributed by atoms with Crippen LogP contribution in [0.2, 0.25) is 0 Å². The van der Waals surface area contributed by atoms with E-state index in [0.717, 1.165) is 5.56 Å². The SMILES string of the molecule is CC(C)(C)OC(=O)N1[C@@H]2[C@H](O)[C@H](O)[C@H]1[C@@H]1OC(c3ccccc3)O[C@@H]12. The summed E-state index contributed by atoms with van der Waals surface area (Å²) in [5.41, 5.74) is 0.197. The minimum atomic E-state index is -1.09. The number of fused-ring (bicyclic) bond motifs is 5. The minimum Gasteiger partial charge on any atom is -0.444 e. The van der Waals surface area contributed by atoms with Gasteiger partial charge in [0.05, 0.1) is 12.1 Å². The number of hydrogen-bond acceptors (Lipinski definition) is 6. The highest BCUT2D eigenvalue weighted by Gasteiger charge is 2.69. The number of hydrogen-bond donors (Lipinski definition) is 2. The largest absolute Gasteiger partial charge is 0.444 e. The molecule has 3 fully saturated rings. The standard InChI is InChI=1S/C18H23NO6/c1-18(2,3)25-17(22)19-10-12(20)13(21)11(19)15-14(10)23-16(24-15)9-7-5-4-6-8-9/h4-8,10-16,20-21H,1-3H3/t10-,11+,12+,13-,14-,15+,16?. The number of rotatable bonds is 1. The number of ether oxygens (including phenoxy) is 3. The first-order chi connectivity index (χ1) is 11.8. The minimum absolute atomic E-state index is 0.499. The molecule has 1 unspecified atom stereocenters.